The highest BCUT2D eigenvalue weighted by atomic mass is 16.6. The van der Waals surface area contributed by atoms with Crippen molar-refractivity contribution in [2.75, 3.05) is 6.61 Å². The molecule has 0 aliphatic rings. The Morgan fingerprint density at radius 2 is 1.56 bits per heavy atom. The summed E-state index contributed by atoms with van der Waals surface area (Å²) in [6.45, 7) is 4.60. The van der Waals surface area contributed by atoms with E-state index in [1.165, 1.54) is 24.3 Å². The molecule has 0 fully saturated rings. The van der Waals surface area contributed by atoms with Gasteiger partial charge in [0, 0.05) is 6.07 Å². The molecule has 0 saturated carbocycles. The largest absolute Gasteiger partial charge is 0.493 e. The van der Waals surface area contributed by atoms with Crippen molar-refractivity contribution < 1.29 is 19.2 Å². The van der Waals surface area contributed by atoms with E-state index in [4.69, 9.17) is 4.74 Å². The highest BCUT2D eigenvalue weighted by molar-refractivity contribution is 6.02. The maximum absolute atomic E-state index is 12.4. The summed E-state index contributed by atoms with van der Waals surface area (Å²) in [5.74, 6) is -0.501. The summed E-state index contributed by atoms with van der Waals surface area (Å²) in [4.78, 5) is 34.9. The van der Waals surface area contributed by atoms with Crippen LogP contribution < -0.4 is 15.6 Å². The zero-order valence-electron chi connectivity index (χ0n) is 15.1. The van der Waals surface area contributed by atoms with Crippen molar-refractivity contribution in [3.05, 3.63) is 69.8 Å². The van der Waals surface area contributed by atoms with Crippen LogP contribution in [-0.2, 0) is 0 Å². The maximum atomic E-state index is 12.4. The molecule has 0 aliphatic carbocycles. The van der Waals surface area contributed by atoms with E-state index in [1.807, 2.05) is 0 Å². The third kappa shape index (κ3) is 5.53. The Morgan fingerprint density at radius 3 is 2.19 bits per heavy atom. The van der Waals surface area contributed by atoms with Crippen LogP contribution in [0.2, 0.25) is 0 Å². The fourth-order valence-corrected chi connectivity index (χ4v) is 2.26. The van der Waals surface area contributed by atoms with Crippen molar-refractivity contribution >= 4 is 17.5 Å². The van der Waals surface area contributed by atoms with Crippen molar-refractivity contribution in [3.8, 4) is 5.75 Å². The zero-order chi connectivity index (χ0) is 19.8. The first-order valence-corrected chi connectivity index (χ1v) is 8.46. The fourth-order valence-electron chi connectivity index (χ4n) is 2.26. The molecule has 2 amide bonds. The van der Waals surface area contributed by atoms with E-state index in [0.717, 1.165) is 6.42 Å². The molecule has 0 atom stereocenters. The molecule has 2 aromatic rings. The van der Waals surface area contributed by atoms with E-state index in [1.54, 1.807) is 24.3 Å². The maximum Gasteiger partial charge on any atom is 0.282 e. The molecule has 8 nitrogen and oxygen atoms in total. The number of hydrazine groups is 1. The molecule has 27 heavy (non-hydrogen) atoms. The number of para-hydroxylation sites is 2. The summed E-state index contributed by atoms with van der Waals surface area (Å²) in [7, 11) is 0. The molecule has 0 saturated heterocycles. The van der Waals surface area contributed by atoms with Crippen LogP contribution in [0.25, 0.3) is 0 Å². The average molecular weight is 371 g/mol. The van der Waals surface area contributed by atoms with Gasteiger partial charge in [0.2, 0.25) is 0 Å². The number of nitro benzene ring substituents is 1. The lowest BCUT2D eigenvalue weighted by Gasteiger charge is -2.13. The quantitative estimate of drug-likeness (QED) is 0.574. The second-order valence-corrected chi connectivity index (χ2v) is 6.21. The lowest BCUT2D eigenvalue weighted by molar-refractivity contribution is -0.385. The number of ether oxygens (including phenoxy) is 1. The minimum absolute atomic E-state index is 0.149. The second kappa shape index (κ2) is 9.33. The molecule has 2 rings (SSSR count). The molecule has 0 spiro atoms. The summed E-state index contributed by atoms with van der Waals surface area (Å²) in [6, 6.07) is 12.1. The fraction of sp³-hybridized carbons (Fsp3) is 0.263. The number of nitrogens with one attached hydrogen (secondary N) is 2. The van der Waals surface area contributed by atoms with E-state index < -0.39 is 16.7 Å². The number of amides is 2. The van der Waals surface area contributed by atoms with Crippen molar-refractivity contribution in [3.63, 3.8) is 0 Å². The summed E-state index contributed by atoms with van der Waals surface area (Å²) in [6.07, 6.45) is 0.838. The van der Waals surface area contributed by atoms with E-state index in [2.05, 4.69) is 24.7 Å². The number of nitro groups is 1. The number of hydrogen-bond donors (Lipinski definition) is 2. The van der Waals surface area contributed by atoms with Gasteiger partial charge < -0.3 is 4.74 Å². The highest BCUT2D eigenvalue weighted by Gasteiger charge is 2.20. The Bertz CT molecular complexity index is 836. The number of benzene rings is 2. The van der Waals surface area contributed by atoms with Gasteiger partial charge in [-0.1, -0.05) is 38.1 Å². The molecular weight excluding hydrogens is 350 g/mol. The van der Waals surface area contributed by atoms with E-state index in [9.17, 15) is 19.7 Å². The van der Waals surface area contributed by atoms with Crippen molar-refractivity contribution in [1.82, 2.24) is 10.9 Å². The predicted molar refractivity (Wildman–Crippen MR) is 99.4 cm³/mol. The van der Waals surface area contributed by atoms with Crippen molar-refractivity contribution in [2.24, 2.45) is 5.92 Å². The summed E-state index contributed by atoms with van der Waals surface area (Å²) in [5.41, 5.74) is 4.22. The van der Waals surface area contributed by atoms with Gasteiger partial charge in [-0.05, 0) is 30.5 Å². The summed E-state index contributed by atoms with van der Waals surface area (Å²) < 4.78 is 5.65. The minimum atomic E-state index is -0.783. The molecule has 142 valence electrons. The van der Waals surface area contributed by atoms with Crippen LogP contribution in [0.4, 0.5) is 5.69 Å². The first-order valence-electron chi connectivity index (χ1n) is 8.46. The molecule has 0 heterocycles. The molecule has 0 unspecified atom stereocenters. The summed E-state index contributed by atoms with van der Waals surface area (Å²) >= 11 is 0. The predicted octanol–water partition coefficient (Wildman–Crippen LogP) is 3.09. The Balaban J connectivity index is 2.04. The second-order valence-electron chi connectivity index (χ2n) is 6.21. The monoisotopic (exact) mass is 371 g/mol. The molecule has 0 radical (unpaired) electrons. The third-order valence-electron chi connectivity index (χ3n) is 3.72. The number of carbonyl (C=O) groups is 2. The van der Waals surface area contributed by atoms with Gasteiger partial charge in [-0.15, -0.1) is 0 Å². The smallest absolute Gasteiger partial charge is 0.282 e. The number of carbonyl (C=O) groups excluding carboxylic acids is 2. The van der Waals surface area contributed by atoms with E-state index >= 15 is 0 Å². The van der Waals surface area contributed by atoms with Gasteiger partial charge in [0.25, 0.3) is 17.5 Å². The van der Waals surface area contributed by atoms with Gasteiger partial charge in [-0.2, -0.15) is 0 Å². The van der Waals surface area contributed by atoms with Gasteiger partial charge in [0.05, 0.1) is 17.1 Å². The van der Waals surface area contributed by atoms with Gasteiger partial charge >= 0.3 is 0 Å². The van der Waals surface area contributed by atoms with Crippen molar-refractivity contribution in [2.45, 2.75) is 20.3 Å². The SMILES string of the molecule is CC(C)CCOc1ccccc1C(=O)NNC(=O)c1ccccc1[N+](=O)[O-]. The molecule has 0 aromatic heterocycles. The van der Waals surface area contributed by atoms with Crippen LogP contribution in [0.15, 0.2) is 48.5 Å². The van der Waals surface area contributed by atoms with Crippen LogP contribution in [0.3, 0.4) is 0 Å². The molecule has 8 heteroatoms. The zero-order valence-corrected chi connectivity index (χ0v) is 15.1. The molecule has 2 N–H and O–H groups in total. The van der Waals surface area contributed by atoms with E-state index in [-0.39, 0.29) is 16.8 Å². The van der Waals surface area contributed by atoms with Crippen LogP contribution in [0, 0.1) is 16.0 Å². The van der Waals surface area contributed by atoms with Gasteiger partial charge in [0.15, 0.2) is 0 Å². The van der Waals surface area contributed by atoms with Crippen molar-refractivity contribution in [1.29, 1.82) is 0 Å². The van der Waals surface area contributed by atoms with Gasteiger partial charge in [0.1, 0.15) is 11.3 Å². The molecule has 0 bridgehead atoms. The van der Waals surface area contributed by atoms with Crippen LogP contribution in [0.5, 0.6) is 5.75 Å². The Kier molecular flexibility index (Phi) is 6.87. The van der Waals surface area contributed by atoms with E-state index in [0.29, 0.717) is 18.3 Å². The molecule has 2 aromatic carbocycles. The first kappa shape index (κ1) is 19.9. The summed E-state index contributed by atoms with van der Waals surface area (Å²) in [5, 5.41) is 11.0. The molecule has 0 aliphatic heterocycles. The minimum Gasteiger partial charge on any atom is -0.493 e. The average Bonchev–Trinajstić information content (AvgIpc) is 2.66. The third-order valence-corrected chi connectivity index (χ3v) is 3.72. The Labute approximate surface area is 156 Å². The normalized spacial score (nSPS) is 10.3. The topological polar surface area (TPSA) is 111 Å². The van der Waals surface area contributed by atoms with Gasteiger partial charge in [-0.3, -0.25) is 30.6 Å². The first-order chi connectivity index (χ1) is 12.9. The highest BCUT2D eigenvalue weighted by Crippen LogP contribution is 2.19. The standard InChI is InChI=1S/C19H21N3O5/c1-13(2)11-12-27-17-10-6-4-8-15(17)19(24)21-20-18(23)14-7-3-5-9-16(14)22(25)26/h3-10,13H,11-12H2,1-2H3,(H,20,23)(H,21,24). The van der Waals surface area contributed by atoms with Gasteiger partial charge in [-0.25, -0.2) is 0 Å². The van der Waals surface area contributed by atoms with Crippen LogP contribution >= 0.6 is 0 Å². The molecular formula is C19H21N3O5. The Hall–Kier alpha value is -3.42. The lowest BCUT2D eigenvalue weighted by Crippen LogP contribution is -2.42. The number of hydrogen-bond acceptors (Lipinski definition) is 5. The number of nitrogens with zero attached hydrogens (tertiary/aromatic N) is 1. The van der Waals surface area contributed by atoms with Crippen LogP contribution in [-0.4, -0.2) is 23.3 Å². The van der Waals surface area contributed by atoms with Crippen LogP contribution in [0.1, 0.15) is 41.0 Å². The number of rotatable bonds is 7. The Morgan fingerprint density at radius 1 is 1.00 bits per heavy atom. The lowest BCUT2D eigenvalue weighted by atomic mass is 10.1.